The van der Waals surface area contributed by atoms with Crippen molar-refractivity contribution in [2.75, 3.05) is 12.0 Å². The van der Waals surface area contributed by atoms with Gasteiger partial charge in [0.25, 0.3) is 5.91 Å². The third-order valence-electron chi connectivity index (χ3n) is 4.79. The van der Waals surface area contributed by atoms with E-state index in [2.05, 4.69) is 0 Å². The number of anilines is 1. The highest BCUT2D eigenvalue weighted by molar-refractivity contribution is 8.27. The van der Waals surface area contributed by atoms with E-state index in [4.69, 9.17) is 68.1 Å². The van der Waals surface area contributed by atoms with Crippen molar-refractivity contribution < 1.29 is 19.1 Å². The van der Waals surface area contributed by atoms with Gasteiger partial charge < -0.3 is 9.47 Å². The van der Waals surface area contributed by atoms with Crippen molar-refractivity contribution in [1.82, 2.24) is 0 Å². The molecule has 0 bridgehead atoms. The first-order valence-electron chi connectivity index (χ1n) is 9.76. The van der Waals surface area contributed by atoms with Crippen molar-refractivity contribution in [3.63, 3.8) is 0 Å². The summed E-state index contributed by atoms with van der Waals surface area (Å²) in [5.74, 6) is -0.494. The highest BCUT2D eigenvalue weighted by Crippen LogP contribution is 2.39. The lowest BCUT2D eigenvalue weighted by atomic mass is 10.1. The lowest BCUT2D eigenvalue weighted by Crippen LogP contribution is -2.27. The summed E-state index contributed by atoms with van der Waals surface area (Å²) in [6.45, 7) is 0. The quantitative estimate of drug-likeness (QED) is 0.131. The Morgan fingerprint density at radius 2 is 1.71 bits per heavy atom. The van der Waals surface area contributed by atoms with Crippen molar-refractivity contribution in [3.05, 3.63) is 90.7 Å². The lowest BCUT2D eigenvalue weighted by molar-refractivity contribution is -0.113. The predicted molar refractivity (Wildman–Crippen MR) is 147 cm³/mol. The molecule has 0 unspecified atom stereocenters. The summed E-state index contributed by atoms with van der Waals surface area (Å²) < 4.78 is 11.2. The molecule has 5 nitrogen and oxygen atoms in total. The zero-order chi connectivity index (χ0) is 25.3. The van der Waals surface area contributed by atoms with E-state index in [1.165, 1.54) is 24.1 Å². The maximum absolute atomic E-state index is 13.0. The number of hydrogen-bond donors (Lipinski definition) is 0. The molecule has 3 aromatic rings. The third kappa shape index (κ3) is 5.61. The van der Waals surface area contributed by atoms with Crippen LogP contribution in [0.15, 0.2) is 59.5 Å². The fourth-order valence-corrected chi connectivity index (χ4v) is 5.21. The van der Waals surface area contributed by atoms with E-state index in [0.29, 0.717) is 35.5 Å². The smallest absolute Gasteiger partial charge is 0.345 e. The zero-order valence-electron chi connectivity index (χ0n) is 17.7. The predicted octanol–water partition coefficient (Wildman–Crippen LogP) is 7.93. The van der Waals surface area contributed by atoms with E-state index in [-0.39, 0.29) is 28.0 Å². The molecule has 3 aromatic carbocycles. The van der Waals surface area contributed by atoms with Crippen LogP contribution in [0, 0.1) is 0 Å². The first kappa shape index (κ1) is 25.8. The first-order valence-corrected chi connectivity index (χ1v) is 12.5. The van der Waals surface area contributed by atoms with Crippen LogP contribution in [0.2, 0.25) is 20.1 Å². The van der Waals surface area contributed by atoms with Crippen LogP contribution in [0.3, 0.4) is 0 Å². The molecule has 0 spiro atoms. The molecular formula is C24H13Cl4NO4S2. The van der Waals surface area contributed by atoms with Gasteiger partial charge in [0, 0.05) is 5.02 Å². The summed E-state index contributed by atoms with van der Waals surface area (Å²) in [5.41, 5.74) is 1.32. The Bertz CT molecular complexity index is 1410. The maximum atomic E-state index is 13.0. The van der Waals surface area contributed by atoms with Gasteiger partial charge in [0.2, 0.25) is 0 Å². The second kappa shape index (κ2) is 10.8. The van der Waals surface area contributed by atoms with Crippen molar-refractivity contribution in [1.29, 1.82) is 0 Å². The van der Waals surface area contributed by atoms with Gasteiger partial charge in [0.1, 0.15) is 0 Å². The number of carbonyl (C=O) groups excluding carboxylic acids is 2. The van der Waals surface area contributed by atoms with E-state index in [1.807, 2.05) is 0 Å². The van der Waals surface area contributed by atoms with Crippen molar-refractivity contribution in [2.24, 2.45) is 0 Å². The van der Waals surface area contributed by atoms with Crippen LogP contribution in [-0.4, -0.2) is 23.3 Å². The molecule has 0 radical (unpaired) electrons. The number of esters is 1. The lowest BCUT2D eigenvalue weighted by Gasteiger charge is -2.15. The minimum Gasteiger partial charge on any atom is -0.493 e. The van der Waals surface area contributed by atoms with Gasteiger partial charge >= 0.3 is 5.97 Å². The molecule has 4 rings (SSSR count). The zero-order valence-corrected chi connectivity index (χ0v) is 22.3. The second-order valence-corrected chi connectivity index (χ2v) is 10.4. The average molecular weight is 585 g/mol. The molecule has 0 atom stereocenters. The fraction of sp³-hybridized carbons (Fsp3) is 0.0417. The molecule has 0 saturated carbocycles. The summed E-state index contributed by atoms with van der Waals surface area (Å²) in [4.78, 5) is 27.4. The van der Waals surface area contributed by atoms with Crippen LogP contribution >= 0.6 is 70.4 Å². The van der Waals surface area contributed by atoms with Crippen molar-refractivity contribution in [2.45, 2.75) is 0 Å². The number of benzene rings is 3. The highest BCUT2D eigenvalue weighted by atomic mass is 35.5. The number of carbonyl (C=O) groups is 2. The maximum Gasteiger partial charge on any atom is 0.345 e. The molecule has 1 amide bonds. The number of thioether (sulfide) groups is 1. The van der Waals surface area contributed by atoms with Crippen molar-refractivity contribution >= 4 is 98.3 Å². The van der Waals surface area contributed by atoms with Gasteiger partial charge in [-0.1, -0.05) is 76.4 Å². The minimum absolute atomic E-state index is 0.160. The van der Waals surface area contributed by atoms with Gasteiger partial charge in [-0.05, 0) is 60.2 Å². The summed E-state index contributed by atoms with van der Waals surface area (Å²) in [5, 5.41) is 1.26. The van der Waals surface area contributed by atoms with E-state index < -0.39 is 5.97 Å². The van der Waals surface area contributed by atoms with E-state index in [9.17, 15) is 9.59 Å². The number of nitrogens with zero attached hydrogens (tertiary/aromatic N) is 1. The molecule has 1 aliphatic rings. The van der Waals surface area contributed by atoms with Gasteiger partial charge in [-0.15, -0.1) is 0 Å². The van der Waals surface area contributed by atoms with Gasteiger partial charge in [-0.3, -0.25) is 9.69 Å². The molecule has 1 heterocycles. The Balaban J connectivity index is 1.57. The Morgan fingerprint density at radius 1 is 0.943 bits per heavy atom. The molecule has 1 fully saturated rings. The fourth-order valence-electron chi connectivity index (χ4n) is 3.13. The molecule has 1 aliphatic heterocycles. The van der Waals surface area contributed by atoms with E-state index in [1.54, 1.807) is 48.5 Å². The number of hydrogen-bond acceptors (Lipinski definition) is 6. The number of rotatable bonds is 5. The van der Waals surface area contributed by atoms with Crippen LogP contribution in [0.1, 0.15) is 15.9 Å². The third-order valence-corrected chi connectivity index (χ3v) is 7.38. The minimum atomic E-state index is -0.666. The Kier molecular flexibility index (Phi) is 7.96. The average Bonchev–Trinajstić information content (AvgIpc) is 3.09. The SMILES string of the molecule is COc1cc(C=C2SC(=S)N(c3ccc(Cl)c(Cl)c3)C2=O)ccc1OC(=O)c1ccc(Cl)cc1Cl. The van der Waals surface area contributed by atoms with Crippen molar-refractivity contribution in [3.8, 4) is 11.5 Å². The van der Waals surface area contributed by atoms with Crippen LogP contribution in [0.4, 0.5) is 5.69 Å². The Morgan fingerprint density at radius 3 is 2.40 bits per heavy atom. The largest absolute Gasteiger partial charge is 0.493 e. The van der Waals surface area contributed by atoms with Gasteiger partial charge in [-0.2, -0.15) is 0 Å². The number of ether oxygens (including phenoxy) is 2. The summed E-state index contributed by atoms with van der Waals surface area (Å²) >= 11 is 30.6. The number of thiocarbonyl (C=S) groups is 1. The molecule has 11 heteroatoms. The molecule has 1 saturated heterocycles. The van der Waals surface area contributed by atoms with Gasteiger partial charge in [-0.25, -0.2) is 4.79 Å². The number of methoxy groups -OCH3 is 1. The van der Waals surface area contributed by atoms with Crippen LogP contribution in [0.25, 0.3) is 6.08 Å². The van der Waals surface area contributed by atoms with Crippen LogP contribution in [-0.2, 0) is 4.79 Å². The number of halogens is 4. The topological polar surface area (TPSA) is 55.8 Å². The Hall–Kier alpha value is -2.26. The molecule has 0 N–H and O–H groups in total. The molecule has 35 heavy (non-hydrogen) atoms. The summed E-state index contributed by atoms with van der Waals surface area (Å²) in [7, 11) is 1.44. The van der Waals surface area contributed by atoms with E-state index in [0.717, 1.165) is 11.8 Å². The van der Waals surface area contributed by atoms with E-state index >= 15 is 0 Å². The van der Waals surface area contributed by atoms with Crippen LogP contribution in [0.5, 0.6) is 11.5 Å². The molecule has 0 aliphatic carbocycles. The second-order valence-electron chi connectivity index (χ2n) is 7.04. The van der Waals surface area contributed by atoms with Crippen LogP contribution < -0.4 is 14.4 Å². The summed E-state index contributed by atoms with van der Waals surface area (Å²) in [6, 6.07) is 14.2. The number of amides is 1. The molecule has 0 aromatic heterocycles. The highest BCUT2D eigenvalue weighted by Gasteiger charge is 2.33. The molecule has 178 valence electrons. The normalized spacial score (nSPS) is 14.5. The standard InChI is InChI=1S/C24H13Cl4NO4S2/c1-32-20-8-12(2-7-19(20)33-23(31)15-5-3-13(25)10-17(15)27)9-21-22(30)29(24(34)35-21)14-4-6-16(26)18(28)11-14/h2-11H,1H3. The Labute approximate surface area is 230 Å². The molecular weight excluding hydrogens is 572 g/mol. The van der Waals surface area contributed by atoms with Gasteiger partial charge in [0.15, 0.2) is 15.8 Å². The van der Waals surface area contributed by atoms with Gasteiger partial charge in [0.05, 0.1) is 38.3 Å². The first-order chi connectivity index (χ1) is 16.7. The monoisotopic (exact) mass is 583 g/mol. The summed E-state index contributed by atoms with van der Waals surface area (Å²) in [6.07, 6.45) is 1.67.